The largest absolute Gasteiger partial charge is 0.481 e. The molecule has 4 N–H and O–H groups in total. The first-order valence-electron chi connectivity index (χ1n) is 26.8. The van der Waals surface area contributed by atoms with Crippen LogP contribution < -0.4 is 5.73 Å². The number of carbonyl (C=O) groups excluding carboxylic acids is 4. The summed E-state index contributed by atoms with van der Waals surface area (Å²) in [7, 11) is 0. The maximum atomic E-state index is 13.9. The van der Waals surface area contributed by atoms with Gasteiger partial charge in [-0.25, -0.2) is 0 Å². The highest BCUT2D eigenvalue weighted by atomic mass is 35.5. The van der Waals surface area contributed by atoms with Crippen LogP contribution in [-0.4, -0.2) is 134 Å². The van der Waals surface area contributed by atoms with Gasteiger partial charge in [0.25, 0.3) is 0 Å². The van der Waals surface area contributed by atoms with E-state index in [0.29, 0.717) is 71.3 Å². The Balaban J connectivity index is 0.000000246. The third-order valence-electron chi connectivity index (χ3n) is 15.7. The number of amides is 2. The zero-order valence-corrected chi connectivity index (χ0v) is 46.2. The van der Waals surface area contributed by atoms with Gasteiger partial charge in [-0.3, -0.25) is 38.6 Å². The molecule has 0 spiro atoms. The van der Waals surface area contributed by atoms with Crippen LogP contribution in [0, 0.1) is 5.92 Å². The fourth-order valence-corrected chi connectivity index (χ4v) is 12.4. The fraction of sp³-hybridized carbons (Fsp3) is 0.500. The van der Waals surface area contributed by atoms with Gasteiger partial charge in [0.2, 0.25) is 11.8 Å². The molecule has 0 saturated carbocycles. The van der Waals surface area contributed by atoms with Gasteiger partial charge in [0, 0.05) is 70.0 Å². The molecule has 0 aliphatic carbocycles. The number of Topliss-reactive ketones (excluding diaryl/α,β-unsaturated/α-hetero) is 2. The molecule has 4 aromatic rings. The number of ketones is 2. The van der Waals surface area contributed by atoms with Crippen LogP contribution in [-0.2, 0) is 54.5 Å². The lowest BCUT2D eigenvalue weighted by atomic mass is 9.97. The number of aryl methyl sites for hydroxylation is 4. The molecule has 8 rings (SSSR count). The van der Waals surface area contributed by atoms with Gasteiger partial charge in [-0.15, -0.1) is 0 Å². The summed E-state index contributed by atoms with van der Waals surface area (Å²) in [6.45, 7) is 4.57. The number of rotatable bonds is 22. The normalized spacial score (nSPS) is 22.4. The predicted octanol–water partition coefficient (Wildman–Crippen LogP) is 10.7. The van der Waals surface area contributed by atoms with E-state index < -0.39 is 24.0 Å². The minimum Gasteiger partial charge on any atom is -0.481 e. The number of aliphatic carboxylic acids is 2. The fourth-order valence-electron chi connectivity index (χ4n) is 11.7. The summed E-state index contributed by atoms with van der Waals surface area (Å²) in [5, 5.41) is 20.5. The van der Waals surface area contributed by atoms with E-state index >= 15 is 0 Å². The van der Waals surface area contributed by atoms with Gasteiger partial charge < -0.3 is 25.7 Å². The van der Waals surface area contributed by atoms with Gasteiger partial charge in [-0.05, 0) is 129 Å². The Morgan fingerprint density at radius 2 is 0.974 bits per heavy atom. The molecule has 4 aromatic carbocycles. The van der Waals surface area contributed by atoms with E-state index in [2.05, 4.69) is 41.0 Å². The number of carboxylic acids is 2. The van der Waals surface area contributed by atoms with Crippen LogP contribution in [0.2, 0.25) is 20.1 Å². The Hall–Kier alpha value is -4.86. The molecule has 0 radical (unpaired) electrons. The molecule has 0 aromatic heterocycles. The lowest BCUT2D eigenvalue weighted by molar-refractivity contribution is -0.144. The Bertz CT molecular complexity index is 2470. The topological polar surface area (TPSA) is 182 Å². The number of nitrogens with two attached hydrogens (primary N) is 1. The van der Waals surface area contributed by atoms with Gasteiger partial charge in [-0.1, -0.05) is 134 Å². The predicted molar refractivity (Wildman–Crippen MR) is 305 cm³/mol. The number of fused-ring (bicyclic) bond motifs is 2. The molecular formula is C60H75Cl4N5O8. The van der Waals surface area contributed by atoms with Gasteiger partial charge in [-0.2, -0.15) is 0 Å². The third-order valence-corrected chi connectivity index (χ3v) is 17.1. The number of benzene rings is 4. The Kier molecular flexibility index (Phi) is 23.4. The van der Waals surface area contributed by atoms with Crippen molar-refractivity contribution in [3.8, 4) is 0 Å². The summed E-state index contributed by atoms with van der Waals surface area (Å²) in [6, 6.07) is 29.3. The van der Waals surface area contributed by atoms with Gasteiger partial charge in [0.15, 0.2) is 11.6 Å². The van der Waals surface area contributed by atoms with Gasteiger partial charge in [0.05, 0.1) is 44.3 Å². The first-order chi connectivity index (χ1) is 36.4. The number of halogens is 4. The number of carbonyl (C=O) groups is 6. The maximum absolute atomic E-state index is 13.9. The molecule has 2 unspecified atom stereocenters. The van der Waals surface area contributed by atoms with Crippen molar-refractivity contribution in [2.45, 2.75) is 159 Å². The van der Waals surface area contributed by atoms with Crippen LogP contribution in [0.5, 0.6) is 0 Å². The van der Waals surface area contributed by atoms with Crippen molar-refractivity contribution < 1.29 is 39.0 Å². The molecule has 4 aliphatic heterocycles. The van der Waals surface area contributed by atoms with Crippen molar-refractivity contribution in [1.29, 1.82) is 0 Å². The van der Waals surface area contributed by atoms with E-state index in [-0.39, 0.29) is 99.5 Å². The third kappa shape index (κ3) is 17.1. The molecule has 4 heterocycles. The lowest BCUT2D eigenvalue weighted by Gasteiger charge is -2.32. The van der Waals surface area contributed by atoms with E-state index in [1.54, 1.807) is 34.1 Å². The SMILES string of the molecule is C.C[C@@H]1C[C@H]2C(=O)N([C@H](CCC(=O)O)C(=O)CCc3ccc(Cl)c(Cl)c3)CCC(CCc3ccccc3)N2C1.N[C@@H]1C[C@H]2C(=O)N([C@H](CCC(=O)O)C(=O)CCc3ccc(Cl)c(Cl)c3)CCC(CCc3ccccc3)N2C1. The van der Waals surface area contributed by atoms with Crippen LogP contribution in [0.3, 0.4) is 0 Å². The number of hydrogen-bond donors (Lipinski definition) is 3. The first-order valence-corrected chi connectivity index (χ1v) is 28.3. The molecule has 4 saturated heterocycles. The lowest BCUT2D eigenvalue weighted by Crippen LogP contribution is -2.50. The summed E-state index contributed by atoms with van der Waals surface area (Å²) in [5.41, 5.74) is 10.6. The van der Waals surface area contributed by atoms with Crippen molar-refractivity contribution >= 4 is 81.7 Å². The monoisotopic (exact) mass is 1130 g/mol. The molecule has 0 bridgehead atoms. The Morgan fingerprint density at radius 3 is 1.39 bits per heavy atom. The molecule has 4 aliphatic rings. The van der Waals surface area contributed by atoms with Crippen molar-refractivity contribution in [3.05, 3.63) is 139 Å². The summed E-state index contributed by atoms with van der Waals surface area (Å²) >= 11 is 24.3. The minimum absolute atomic E-state index is 0. The van der Waals surface area contributed by atoms with Gasteiger partial charge in [0.1, 0.15) is 0 Å². The highest BCUT2D eigenvalue weighted by Crippen LogP contribution is 2.35. The second kappa shape index (κ2) is 29.4. The summed E-state index contributed by atoms with van der Waals surface area (Å²) < 4.78 is 0. The summed E-state index contributed by atoms with van der Waals surface area (Å²) in [4.78, 5) is 85.6. The molecule has 13 nitrogen and oxygen atoms in total. The molecular weight excluding hydrogens is 1060 g/mol. The maximum Gasteiger partial charge on any atom is 0.303 e. The Labute approximate surface area is 474 Å². The average Bonchev–Trinajstić information content (AvgIpc) is 3.93. The van der Waals surface area contributed by atoms with Crippen molar-refractivity contribution in [3.63, 3.8) is 0 Å². The second-order valence-corrected chi connectivity index (χ2v) is 22.7. The van der Waals surface area contributed by atoms with Crippen LogP contribution in [0.15, 0.2) is 97.1 Å². The molecule has 77 heavy (non-hydrogen) atoms. The quantitative estimate of drug-likeness (QED) is 0.0681. The first kappa shape index (κ1) is 61.4. The molecule has 416 valence electrons. The number of carboxylic acid groups (broad SMARTS) is 2. The van der Waals surface area contributed by atoms with E-state index in [9.17, 15) is 39.0 Å². The van der Waals surface area contributed by atoms with Crippen LogP contribution in [0.25, 0.3) is 0 Å². The number of nitrogens with zero attached hydrogens (tertiary/aromatic N) is 4. The zero-order valence-electron chi connectivity index (χ0n) is 43.2. The van der Waals surface area contributed by atoms with Crippen molar-refractivity contribution in [2.24, 2.45) is 11.7 Å². The molecule has 17 heteroatoms. The van der Waals surface area contributed by atoms with E-state index in [0.717, 1.165) is 56.2 Å². The molecule has 4 fully saturated rings. The van der Waals surface area contributed by atoms with Crippen LogP contribution in [0.1, 0.15) is 114 Å². The van der Waals surface area contributed by atoms with E-state index in [1.165, 1.54) is 11.1 Å². The second-order valence-electron chi connectivity index (χ2n) is 21.1. The van der Waals surface area contributed by atoms with Crippen molar-refractivity contribution in [1.82, 2.24) is 19.6 Å². The highest BCUT2D eigenvalue weighted by molar-refractivity contribution is 6.42. The van der Waals surface area contributed by atoms with Crippen LogP contribution in [0.4, 0.5) is 0 Å². The smallest absolute Gasteiger partial charge is 0.303 e. The minimum atomic E-state index is -0.986. The molecule has 2 amide bonds. The number of hydrogen-bond acceptors (Lipinski definition) is 9. The van der Waals surface area contributed by atoms with Crippen LogP contribution >= 0.6 is 46.4 Å². The average molecular weight is 1140 g/mol. The molecule has 8 atom stereocenters. The highest BCUT2D eigenvalue weighted by Gasteiger charge is 2.47. The standard InChI is InChI=1S/C30H36Cl2N2O4.C29H35Cl2N3O4.CH4/c1-20-17-27-30(38)33(16-15-23(34(27)19-20)10-7-21-5-3-2-4-6-21)26(12-14-29(36)37)28(35)13-9-22-8-11-24(31)25(32)18-22;30-23-10-7-20(16-24(23)31)8-12-27(35)25(11-13-28(36)37)33-15-14-22(9-6-19-4-2-1-3-5-19)34-18-21(32)17-26(34)29(33)38;/h2-6,8,11,18,20,23,26-27H,7,9-10,12-17,19H2,1H3,(H,36,37);1-5,7,10,16,21-22,25-26H,6,8-9,11-15,17-18,32H2,(H,36,37);1H4/t20-,23?,26-,27+;21-,22?,25-,26+;/m11./s1. The zero-order chi connectivity index (χ0) is 54.5. The Morgan fingerprint density at radius 1 is 0.558 bits per heavy atom. The van der Waals surface area contributed by atoms with E-state index in [4.69, 9.17) is 52.1 Å². The van der Waals surface area contributed by atoms with Gasteiger partial charge >= 0.3 is 11.9 Å². The van der Waals surface area contributed by atoms with E-state index in [1.807, 2.05) is 48.5 Å². The van der Waals surface area contributed by atoms with Crippen molar-refractivity contribution in [2.75, 3.05) is 26.2 Å². The summed E-state index contributed by atoms with van der Waals surface area (Å²) in [5.74, 6) is -1.95. The summed E-state index contributed by atoms with van der Waals surface area (Å²) in [6.07, 6.45) is 7.59.